The highest BCUT2D eigenvalue weighted by Gasteiger charge is 2.45. The molecule has 7 nitrogen and oxygen atoms in total. The zero-order chi connectivity index (χ0) is 14.4. The molecule has 21 heavy (non-hydrogen) atoms. The molecule has 0 amide bonds. The van der Waals surface area contributed by atoms with Crippen LogP contribution in [0.25, 0.3) is 5.65 Å². The fourth-order valence-corrected chi connectivity index (χ4v) is 3.06. The second-order valence-corrected chi connectivity index (χ2v) is 5.67. The summed E-state index contributed by atoms with van der Waals surface area (Å²) < 4.78 is 12.2. The largest absolute Gasteiger partial charge is 0.509 e. The summed E-state index contributed by atoms with van der Waals surface area (Å²) in [5, 5.41) is 4.34. The van der Waals surface area contributed by atoms with E-state index in [-0.39, 0.29) is 0 Å². The zero-order valence-electron chi connectivity index (χ0n) is 11.8. The normalized spacial score (nSPS) is 20.8. The summed E-state index contributed by atoms with van der Waals surface area (Å²) >= 11 is 0. The maximum Gasteiger partial charge on any atom is 0.509 e. The zero-order valence-corrected chi connectivity index (χ0v) is 11.8. The van der Waals surface area contributed by atoms with Crippen molar-refractivity contribution >= 4 is 17.6 Å². The van der Waals surface area contributed by atoms with Gasteiger partial charge in [-0.05, 0) is 6.92 Å². The van der Waals surface area contributed by atoms with Crippen molar-refractivity contribution < 1.29 is 14.3 Å². The van der Waals surface area contributed by atoms with Gasteiger partial charge in [0.2, 0.25) is 0 Å². The quantitative estimate of drug-likeness (QED) is 0.741. The molecule has 7 heteroatoms. The van der Waals surface area contributed by atoms with Gasteiger partial charge < -0.3 is 14.4 Å². The van der Waals surface area contributed by atoms with Crippen LogP contribution in [0.1, 0.15) is 18.5 Å². The van der Waals surface area contributed by atoms with Crippen LogP contribution in [0.2, 0.25) is 0 Å². The van der Waals surface area contributed by atoms with E-state index in [0.29, 0.717) is 6.61 Å². The summed E-state index contributed by atoms with van der Waals surface area (Å²) in [7, 11) is 0. The molecule has 0 unspecified atom stereocenters. The Labute approximate surface area is 121 Å². The Hall–Kier alpha value is -2.31. The first kappa shape index (κ1) is 12.4. The summed E-state index contributed by atoms with van der Waals surface area (Å²) in [6.07, 6.45) is 2.74. The molecule has 4 rings (SSSR count). The Morgan fingerprint density at radius 1 is 1.33 bits per heavy atom. The molecule has 4 heterocycles. The van der Waals surface area contributed by atoms with Crippen LogP contribution in [0, 0.1) is 6.92 Å². The molecule has 0 aliphatic carbocycles. The van der Waals surface area contributed by atoms with Crippen LogP contribution >= 0.6 is 0 Å². The third-order valence-corrected chi connectivity index (χ3v) is 4.22. The Morgan fingerprint density at radius 3 is 2.86 bits per heavy atom. The van der Waals surface area contributed by atoms with Crippen molar-refractivity contribution in [1.82, 2.24) is 14.6 Å². The molecule has 2 aromatic rings. The monoisotopic (exact) mass is 288 g/mol. The van der Waals surface area contributed by atoms with E-state index < -0.39 is 11.8 Å². The lowest BCUT2D eigenvalue weighted by atomic mass is 9.92. The minimum Gasteiger partial charge on any atom is -0.430 e. The van der Waals surface area contributed by atoms with E-state index in [9.17, 15) is 4.79 Å². The van der Waals surface area contributed by atoms with E-state index >= 15 is 0 Å². The van der Waals surface area contributed by atoms with Gasteiger partial charge in [-0.25, -0.2) is 9.78 Å². The molecule has 0 bridgehead atoms. The number of hydrogen-bond acceptors (Lipinski definition) is 6. The van der Waals surface area contributed by atoms with Crippen molar-refractivity contribution in [3.63, 3.8) is 0 Å². The molecule has 0 atom stereocenters. The number of aromatic nitrogens is 3. The number of carbonyl (C=O) groups is 1. The van der Waals surface area contributed by atoms with E-state index in [1.165, 1.54) is 0 Å². The SMILES string of the molecule is Cc1cc(N2CCC3(CC2)COC(=O)O3)n2nccc2n1. The van der Waals surface area contributed by atoms with Crippen LogP contribution < -0.4 is 4.90 Å². The van der Waals surface area contributed by atoms with Crippen molar-refractivity contribution in [2.24, 2.45) is 0 Å². The molecule has 2 fully saturated rings. The van der Waals surface area contributed by atoms with Crippen LogP contribution in [0.15, 0.2) is 18.3 Å². The van der Waals surface area contributed by atoms with Gasteiger partial charge in [0, 0.05) is 43.8 Å². The van der Waals surface area contributed by atoms with Crippen LogP contribution in [0.4, 0.5) is 10.6 Å². The second kappa shape index (κ2) is 4.34. The first-order valence-corrected chi connectivity index (χ1v) is 7.07. The van der Waals surface area contributed by atoms with Crippen LogP contribution in [0.3, 0.4) is 0 Å². The van der Waals surface area contributed by atoms with Crippen LogP contribution in [-0.2, 0) is 9.47 Å². The minimum atomic E-state index is -0.544. The highest BCUT2D eigenvalue weighted by molar-refractivity contribution is 5.63. The molecule has 110 valence electrons. The molecule has 2 aliphatic heterocycles. The fraction of sp³-hybridized carbons (Fsp3) is 0.500. The average Bonchev–Trinajstić information content (AvgIpc) is 3.06. The third kappa shape index (κ3) is 2.00. The van der Waals surface area contributed by atoms with E-state index in [2.05, 4.69) is 15.0 Å². The number of cyclic esters (lactones) is 1. The molecule has 2 aliphatic rings. The molecule has 0 saturated carbocycles. The van der Waals surface area contributed by atoms with Crippen molar-refractivity contribution in [3.8, 4) is 0 Å². The van der Waals surface area contributed by atoms with Gasteiger partial charge >= 0.3 is 6.16 Å². The van der Waals surface area contributed by atoms with Gasteiger partial charge in [-0.3, -0.25) is 0 Å². The molecule has 1 spiro atoms. The molecule has 2 saturated heterocycles. The molecule has 2 aromatic heterocycles. The van der Waals surface area contributed by atoms with Gasteiger partial charge in [0.25, 0.3) is 0 Å². The minimum absolute atomic E-state index is 0.367. The fourth-order valence-electron chi connectivity index (χ4n) is 3.06. The smallest absolute Gasteiger partial charge is 0.430 e. The number of rotatable bonds is 1. The topological polar surface area (TPSA) is 69.0 Å². The van der Waals surface area contributed by atoms with E-state index in [0.717, 1.165) is 43.1 Å². The van der Waals surface area contributed by atoms with Crippen LogP contribution in [-0.4, -0.2) is 46.1 Å². The first-order valence-electron chi connectivity index (χ1n) is 7.07. The lowest BCUT2D eigenvalue weighted by molar-refractivity contribution is 0.0365. The number of nitrogens with zero attached hydrogens (tertiary/aromatic N) is 4. The Morgan fingerprint density at radius 2 is 2.14 bits per heavy atom. The van der Waals surface area contributed by atoms with Gasteiger partial charge in [-0.2, -0.15) is 9.61 Å². The number of anilines is 1. The lowest BCUT2D eigenvalue weighted by Crippen LogP contribution is -2.46. The summed E-state index contributed by atoms with van der Waals surface area (Å²) in [4.78, 5) is 17.9. The van der Waals surface area contributed by atoms with Gasteiger partial charge in [0.1, 0.15) is 12.4 Å². The highest BCUT2D eigenvalue weighted by Crippen LogP contribution is 2.33. The number of piperidine rings is 1. The standard InChI is InChI=1S/C14H16N4O3/c1-10-8-12(18-11(16-10)2-5-15-18)17-6-3-14(4-7-17)9-20-13(19)21-14/h2,5,8H,3-4,6-7,9H2,1H3. The van der Waals surface area contributed by atoms with Crippen molar-refractivity contribution in [2.45, 2.75) is 25.4 Å². The van der Waals surface area contributed by atoms with Crippen molar-refractivity contribution in [1.29, 1.82) is 0 Å². The number of fused-ring (bicyclic) bond motifs is 1. The van der Waals surface area contributed by atoms with E-state index in [1.807, 2.05) is 23.6 Å². The number of ether oxygens (including phenoxy) is 2. The summed E-state index contributed by atoms with van der Waals surface area (Å²) in [5.41, 5.74) is 1.38. The first-order chi connectivity index (χ1) is 10.2. The lowest BCUT2D eigenvalue weighted by Gasteiger charge is -2.37. The van der Waals surface area contributed by atoms with Gasteiger partial charge in [-0.15, -0.1) is 0 Å². The van der Waals surface area contributed by atoms with Gasteiger partial charge in [0.15, 0.2) is 11.2 Å². The Bertz CT molecular complexity index is 703. The molecular formula is C14H16N4O3. The summed E-state index contributed by atoms with van der Waals surface area (Å²) in [6, 6.07) is 3.93. The van der Waals surface area contributed by atoms with Crippen LogP contribution in [0.5, 0.6) is 0 Å². The average molecular weight is 288 g/mol. The third-order valence-electron chi connectivity index (χ3n) is 4.22. The summed E-state index contributed by atoms with van der Waals surface area (Å²) in [6.45, 7) is 3.95. The van der Waals surface area contributed by atoms with Gasteiger partial charge in [0.05, 0.1) is 6.20 Å². The Kier molecular flexibility index (Phi) is 2.57. The molecular weight excluding hydrogens is 272 g/mol. The number of aryl methyl sites for hydroxylation is 1. The van der Waals surface area contributed by atoms with Gasteiger partial charge in [-0.1, -0.05) is 0 Å². The predicted octanol–water partition coefficient (Wildman–Crippen LogP) is 1.54. The van der Waals surface area contributed by atoms with Crippen molar-refractivity contribution in [2.75, 3.05) is 24.6 Å². The highest BCUT2D eigenvalue weighted by atomic mass is 16.8. The Balaban J connectivity index is 1.60. The van der Waals surface area contributed by atoms with E-state index in [1.54, 1.807) is 6.20 Å². The molecule has 0 aromatic carbocycles. The van der Waals surface area contributed by atoms with Crippen molar-refractivity contribution in [3.05, 3.63) is 24.0 Å². The molecule has 0 N–H and O–H groups in total. The maximum atomic E-state index is 11.2. The second-order valence-electron chi connectivity index (χ2n) is 5.67. The number of carbonyl (C=O) groups excluding carboxylic acids is 1. The molecule has 0 radical (unpaired) electrons. The van der Waals surface area contributed by atoms with E-state index in [4.69, 9.17) is 9.47 Å². The number of hydrogen-bond donors (Lipinski definition) is 0. The predicted molar refractivity (Wildman–Crippen MR) is 74.3 cm³/mol. The summed E-state index contributed by atoms with van der Waals surface area (Å²) in [5.74, 6) is 1.03. The maximum absolute atomic E-state index is 11.2.